The standard InChI is InChI=1S/C29H34IN5O3/c1-29(2,3)26-20-27(33-38-26)32-28(36)31-23-10-6-21(7-11-23)5-8-22-9-12-24(19-25(22)30)37-18-17-35-15-13-34(4)14-16-35/h6-7,9-12,19-20H,13-18H2,1-4H3,(H2,31,32,33,36). The van der Waals surface area contributed by atoms with Crippen LogP contribution in [0.5, 0.6) is 5.75 Å². The third-order valence-electron chi connectivity index (χ3n) is 6.19. The van der Waals surface area contributed by atoms with Gasteiger partial charge in [0.2, 0.25) is 0 Å². The minimum atomic E-state index is -0.391. The fourth-order valence-electron chi connectivity index (χ4n) is 3.79. The van der Waals surface area contributed by atoms with E-state index in [1.165, 1.54) is 0 Å². The van der Waals surface area contributed by atoms with Gasteiger partial charge in [-0.05, 0) is 72.1 Å². The van der Waals surface area contributed by atoms with Gasteiger partial charge in [0, 0.05) is 64.6 Å². The highest BCUT2D eigenvalue weighted by atomic mass is 127. The van der Waals surface area contributed by atoms with Crippen molar-refractivity contribution in [2.24, 2.45) is 0 Å². The number of nitrogens with one attached hydrogen (secondary N) is 2. The number of aromatic nitrogens is 1. The molecular formula is C29H34IN5O3. The van der Waals surface area contributed by atoms with Gasteiger partial charge in [0.15, 0.2) is 5.82 Å². The Morgan fingerprint density at radius 1 is 1.05 bits per heavy atom. The number of amides is 2. The molecule has 2 aromatic carbocycles. The molecule has 0 radical (unpaired) electrons. The predicted octanol–water partition coefficient (Wildman–Crippen LogP) is 5.25. The molecule has 38 heavy (non-hydrogen) atoms. The molecule has 1 saturated heterocycles. The van der Waals surface area contributed by atoms with E-state index in [0.717, 1.165) is 53.2 Å². The maximum Gasteiger partial charge on any atom is 0.324 e. The van der Waals surface area contributed by atoms with Crippen LogP contribution >= 0.6 is 22.6 Å². The van der Waals surface area contributed by atoms with Crippen molar-refractivity contribution in [2.45, 2.75) is 26.2 Å². The molecular weight excluding hydrogens is 593 g/mol. The van der Waals surface area contributed by atoms with Gasteiger partial charge in [-0.15, -0.1) is 0 Å². The summed E-state index contributed by atoms with van der Waals surface area (Å²) in [6, 6.07) is 14.7. The van der Waals surface area contributed by atoms with E-state index in [-0.39, 0.29) is 5.41 Å². The quantitative estimate of drug-likeness (QED) is 0.287. The van der Waals surface area contributed by atoms with Crippen LogP contribution in [0.2, 0.25) is 0 Å². The molecule has 0 atom stereocenters. The fourth-order valence-corrected chi connectivity index (χ4v) is 4.42. The second-order valence-electron chi connectivity index (χ2n) is 10.4. The van der Waals surface area contributed by atoms with Crippen LogP contribution in [0.4, 0.5) is 16.3 Å². The molecule has 2 amide bonds. The molecule has 2 heterocycles. The molecule has 0 unspecified atom stereocenters. The van der Waals surface area contributed by atoms with Gasteiger partial charge >= 0.3 is 6.03 Å². The van der Waals surface area contributed by atoms with E-state index < -0.39 is 6.03 Å². The van der Waals surface area contributed by atoms with E-state index in [2.05, 4.69) is 67.1 Å². The van der Waals surface area contributed by atoms with Crippen molar-refractivity contribution < 1.29 is 14.1 Å². The van der Waals surface area contributed by atoms with Crippen molar-refractivity contribution in [3.8, 4) is 17.6 Å². The van der Waals surface area contributed by atoms with Crippen molar-refractivity contribution in [3.05, 3.63) is 69.0 Å². The van der Waals surface area contributed by atoms with Crippen LogP contribution in [0.15, 0.2) is 53.1 Å². The first kappa shape index (κ1) is 28.0. The van der Waals surface area contributed by atoms with Crippen molar-refractivity contribution in [1.29, 1.82) is 0 Å². The lowest BCUT2D eigenvalue weighted by molar-refractivity contribution is 0.133. The Kier molecular flexibility index (Phi) is 9.31. The summed E-state index contributed by atoms with van der Waals surface area (Å²) in [6.45, 7) is 12.1. The lowest BCUT2D eigenvalue weighted by Crippen LogP contribution is -2.45. The van der Waals surface area contributed by atoms with E-state index in [1.807, 2.05) is 63.2 Å². The molecule has 4 rings (SSSR count). The third kappa shape index (κ3) is 8.21. The Morgan fingerprint density at radius 3 is 2.45 bits per heavy atom. The number of nitrogens with zero attached hydrogens (tertiary/aromatic N) is 3. The van der Waals surface area contributed by atoms with Crippen molar-refractivity contribution in [3.63, 3.8) is 0 Å². The van der Waals surface area contributed by atoms with E-state index in [9.17, 15) is 4.79 Å². The Balaban J connectivity index is 1.26. The Labute approximate surface area is 238 Å². The third-order valence-corrected chi connectivity index (χ3v) is 7.08. The first-order chi connectivity index (χ1) is 18.2. The SMILES string of the molecule is CN1CCN(CCOc2ccc(C#Cc3ccc(NC(=O)Nc4cc(C(C)(C)C)on4)cc3)c(I)c2)CC1. The minimum Gasteiger partial charge on any atom is -0.492 e. The summed E-state index contributed by atoms with van der Waals surface area (Å²) >= 11 is 2.29. The predicted molar refractivity (Wildman–Crippen MR) is 159 cm³/mol. The largest absolute Gasteiger partial charge is 0.492 e. The van der Waals surface area contributed by atoms with Crippen LogP contribution in [0.3, 0.4) is 0 Å². The zero-order valence-corrected chi connectivity index (χ0v) is 24.5. The minimum absolute atomic E-state index is 0.182. The average Bonchev–Trinajstić information content (AvgIpc) is 3.35. The van der Waals surface area contributed by atoms with Crippen LogP contribution in [0.1, 0.15) is 37.7 Å². The van der Waals surface area contributed by atoms with Crippen LogP contribution < -0.4 is 15.4 Å². The van der Waals surface area contributed by atoms with Gasteiger partial charge in [-0.25, -0.2) is 4.79 Å². The van der Waals surface area contributed by atoms with Crippen molar-refractivity contribution in [1.82, 2.24) is 15.0 Å². The number of carbonyl (C=O) groups excluding carboxylic acids is 1. The normalized spacial score (nSPS) is 14.4. The van der Waals surface area contributed by atoms with E-state index in [1.54, 1.807) is 6.07 Å². The van der Waals surface area contributed by atoms with E-state index in [4.69, 9.17) is 9.26 Å². The molecule has 1 aliphatic heterocycles. The maximum absolute atomic E-state index is 12.3. The molecule has 200 valence electrons. The molecule has 1 fully saturated rings. The molecule has 0 saturated carbocycles. The number of piperazine rings is 1. The number of urea groups is 1. The first-order valence-electron chi connectivity index (χ1n) is 12.7. The summed E-state index contributed by atoms with van der Waals surface area (Å²) in [7, 11) is 2.16. The Morgan fingerprint density at radius 2 is 1.79 bits per heavy atom. The zero-order chi connectivity index (χ0) is 27.1. The summed E-state index contributed by atoms with van der Waals surface area (Å²) < 4.78 is 12.3. The molecule has 3 aromatic rings. The molecule has 0 bridgehead atoms. The number of halogens is 1. The van der Waals surface area contributed by atoms with Gasteiger partial charge in [0.25, 0.3) is 0 Å². The summed E-state index contributed by atoms with van der Waals surface area (Å²) in [6.07, 6.45) is 0. The number of ether oxygens (including phenoxy) is 1. The van der Waals surface area contributed by atoms with Crippen molar-refractivity contribution in [2.75, 3.05) is 57.0 Å². The van der Waals surface area contributed by atoms with Gasteiger partial charge in [-0.3, -0.25) is 10.2 Å². The molecule has 1 aliphatic rings. The number of benzene rings is 2. The summed E-state index contributed by atoms with van der Waals surface area (Å²) in [5.74, 6) is 8.36. The molecule has 9 heteroatoms. The van der Waals surface area contributed by atoms with Crippen LogP contribution in [-0.4, -0.2) is 67.4 Å². The first-order valence-corrected chi connectivity index (χ1v) is 13.7. The number of likely N-dealkylation sites (N-methyl/N-ethyl adjacent to an activating group) is 1. The molecule has 8 nitrogen and oxygen atoms in total. The van der Waals surface area contributed by atoms with Crippen molar-refractivity contribution >= 4 is 40.1 Å². The van der Waals surface area contributed by atoms with Gasteiger partial charge < -0.3 is 19.5 Å². The van der Waals surface area contributed by atoms with E-state index in [0.29, 0.717) is 23.9 Å². The molecule has 2 N–H and O–H groups in total. The fraction of sp³-hybridized carbons (Fsp3) is 0.379. The topological polar surface area (TPSA) is 82.9 Å². The molecule has 0 spiro atoms. The monoisotopic (exact) mass is 627 g/mol. The average molecular weight is 628 g/mol. The highest BCUT2D eigenvalue weighted by Crippen LogP contribution is 2.24. The number of rotatable bonds is 6. The second-order valence-corrected chi connectivity index (χ2v) is 11.5. The highest BCUT2D eigenvalue weighted by Gasteiger charge is 2.20. The summed E-state index contributed by atoms with van der Waals surface area (Å²) in [4.78, 5) is 17.1. The van der Waals surface area contributed by atoms with Gasteiger partial charge in [0.05, 0.1) is 0 Å². The van der Waals surface area contributed by atoms with Crippen LogP contribution in [0.25, 0.3) is 0 Å². The van der Waals surface area contributed by atoms with Gasteiger partial charge in [-0.1, -0.05) is 37.8 Å². The van der Waals surface area contributed by atoms with Crippen LogP contribution in [-0.2, 0) is 5.41 Å². The van der Waals surface area contributed by atoms with Crippen LogP contribution in [0, 0.1) is 15.4 Å². The molecule has 0 aliphatic carbocycles. The maximum atomic E-state index is 12.3. The van der Waals surface area contributed by atoms with Gasteiger partial charge in [0.1, 0.15) is 18.1 Å². The number of hydrogen-bond acceptors (Lipinski definition) is 6. The number of hydrogen-bond donors (Lipinski definition) is 2. The summed E-state index contributed by atoms with van der Waals surface area (Å²) in [5, 5.41) is 9.39. The van der Waals surface area contributed by atoms with E-state index >= 15 is 0 Å². The summed E-state index contributed by atoms with van der Waals surface area (Å²) in [5.41, 5.74) is 2.27. The smallest absolute Gasteiger partial charge is 0.324 e. The number of carbonyl (C=O) groups is 1. The second kappa shape index (κ2) is 12.7. The molecule has 1 aromatic heterocycles. The lowest BCUT2D eigenvalue weighted by Gasteiger charge is -2.32. The number of anilines is 2. The Hall–Kier alpha value is -3.07. The Bertz CT molecular complexity index is 1300. The highest BCUT2D eigenvalue weighted by molar-refractivity contribution is 14.1. The van der Waals surface area contributed by atoms with Gasteiger partial charge in [-0.2, -0.15) is 0 Å². The zero-order valence-electron chi connectivity index (χ0n) is 22.3. The lowest BCUT2D eigenvalue weighted by atomic mass is 9.93.